The van der Waals surface area contributed by atoms with Gasteiger partial charge in [0.2, 0.25) is 5.91 Å². The third-order valence-electron chi connectivity index (χ3n) is 4.45. The molecule has 1 fully saturated rings. The Kier molecular flexibility index (Phi) is 5.40. The number of nitro groups is 1. The standard InChI is InChI=1S/C19H21N3O3/c23-19(20-17-9-4-10-18(12-17)22(24)25)16-8-5-11-21(14-16)13-15-6-2-1-3-7-15/h1-4,6-7,9-10,12,16H,5,8,11,13-14H2,(H,20,23). The van der Waals surface area contributed by atoms with Crippen molar-refractivity contribution < 1.29 is 9.72 Å². The van der Waals surface area contributed by atoms with Gasteiger partial charge in [-0.15, -0.1) is 0 Å². The van der Waals surface area contributed by atoms with Crippen molar-refractivity contribution in [1.29, 1.82) is 0 Å². The van der Waals surface area contributed by atoms with Crippen LogP contribution in [0.1, 0.15) is 18.4 Å². The second kappa shape index (κ2) is 7.90. The molecule has 1 N–H and O–H groups in total. The highest BCUT2D eigenvalue weighted by Crippen LogP contribution is 2.22. The molecule has 3 rings (SSSR count). The Morgan fingerprint density at radius 1 is 1.20 bits per heavy atom. The first-order valence-corrected chi connectivity index (χ1v) is 8.43. The van der Waals surface area contributed by atoms with E-state index in [2.05, 4.69) is 22.3 Å². The zero-order valence-electron chi connectivity index (χ0n) is 13.9. The summed E-state index contributed by atoms with van der Waals surface area (Å²) in [5, 5.41) is 13.7. The highest BCUT2D eigenvalue weighted by molar-refractivity contribution is 5.93. The minimum Gasteiger partial charge on any atom is -0.326 e. The van der Waals surface area contributed by atoms with Crippen LogP contribution in [0.3, 0.4) is 0 Å². The molecule has 1 aliphatic heterocycles. The molecule has 0 saturated carbocycles. The van der Waals surface area contributed by atoms with Crippen molar-refractivity contribution >= 4 is 17.3 Å². The first-order chi connectivity index (χ1) is 12.1. The molecule has 2 aromatic carbocycles. The molecule has 25 heavy (non-hydrogen) atoms. The number of hydrogen-bond acceptors (Lipinski definition) is 4. The van der Waals surface area contributed by atoms with Gasteiger partial charge in [-0.1, -0.05) is 36.4 Å². The number of carbonyl (C=O) groups is 1. The number of likely N-dealkylation sites (tertiary alicyclic amines) is 1. The number of piperidine rings is 1. The molecule has 0 bridgehead atoms. The molecule has 0 spiro atoms. The first kappa shape index (κ1) is 17.1. The number of hydrogen-bond donors (Lipinski definition) is 1. The van der Waals surface area contributed by atoms with Gasteiger partial charge in [0, 0.05) is 30.9 Å². The van der Waals surface area contributed by atoms with Crippen LogP contribution in [0.4, 0.5) is 11.4 Å². The summed E-state index contributed by atoms with van der Waals surface area (Å²) in [6, 6.07) is 16.3. The van der Waals surface area contributed by atoms with Gasteiger partial charge in [-0.2, -0.15) is 0 Å². The molecule has 0 aliphatic carbocycles. The molecule has 130 valence electrons. The van der Waals surface area contributed by atoms with Crippen molar-refractivity contribution in [3.8, 4) is 0 Å². The molecule has 1 heterocycles. The molecule has 6 nitrogen and oxygen atoms in total. The SMILES string of the molecule is O=C(Nc1cccc([N+](=O)[O-])c1)C1CCCN(Cc2ccccc2)C1. The fourth-order valence-electron chi connectivity index (χ4n) is 3.20. The van der Waals surface area contributed by atoms with Gasteiger partial charge in [-0.05, 0) is 31.0 Å². The monoisotopic (exact) mass is 339 g/mol. The topological polar surface area (TPSA) is 75.5 Å². The van der Waals surface area contributed by atoms with Crippen LogP contribution in [0, 0.1) is 16.0 Å². The lowest BCUT2D eigenvalue weighted by molar-refractivity contribution is -0.384. The minimum absolute atomic E-state index is 0.0212. The Morgan fingerprint density at radius 2 is 2.00 bits per heavy atom. The van der Waals surface area contributed by atoms with Crippen LogP contribution >= 0.6 is 0 Å². The van der Waals surface area contributed by atoms with Crippen LogP contribution in [0.15, 0.2) is 54.6 Å². The van der Waals surface area contributed by atoms with Crippen molar-refractivity contribution in [2.75, 3.05) is 18.4 Å². The van der Waals surface area contributed by atoms with E-state index >= 15 is 0 Å². The predicted octanol–water partition coefficient (Wildman–Crippen LogP) is 3.45. The number of nitro benzene ring substituents is 1. The van der Waals surface area contributed by atoms with E-state index in [1.54, 1.807) is 12.1 Å². The molecule has 2 aromatic rings. The third-order valence-corrected chi connectivity index (χ3v) is 4.45. The summed E-state index contributed by atoms with van der Waals surface area (Å²) in [6.07, 6.45) is 1.81. The zero-order chi connectivity index (χ0) is 17.6. The van der Waals surface area contributed by atoms with E-state index in [9.17, 15) is 14.9 Å². The van der Waals surface area contributed by atoms with Gasteiger partial charge in [0.25, 0.3) is 5.69 Å². The molecular formula is C19H21N3O3. The van der Waals surface area contributed by atoms with E-state index < -0.39 is 4.92 Å². The van der Waals surface area contributed by atoms with E-state index in [1.807, 2.05) is 18.2 Å². The van der Waals surface area contributed by atoms with Gasteiger partial charge in [-0.25, -0.2) is 0 Å². The van der Waals surface area contributed by atoms with Crippen molar-refractivity contribution in [1.82, 2.24) is 4.90 Å². The quantitative estimate of drug-likeness (QED) is 0.669. The van der Waals surface area contributed by atoms with Gasteiger partial charge >= 0.3 is 0 Å². The summed E-state index contributed by atoms with van der Waals surface area (Å²) in [5.41, 5.74) is 1.69. The van der Waals surface area contributed by atoms with Crippen LogP contribution in [-0.4, -0.2) is 28.8 Å². The maximum absolute atomic E-state index is 12.5. The predicted molar refractivity (Wildman–Crippen MR) is 96.2 cm³/mol. The summed E-state index contributed by atoms with van der Waals surface area (Å²) >= 11 is 0. The largest absolute Gasteiger partial charge is 0.326 e. The van der Waals surface area contributed by atoms with Crippen LogP contribution in [0.5, 0.6) is 0 Å². The molecule has 1 atom stereocenters. The molecule has 1 amide bonds. The number of rotatable bonds is 5. The van der Waals surface area contributed by atoms with Crippen molar-refractivity contribution in [2.45, 2.75) is 19.4 Å². The average Bonchev–Trinajstić information content (AvgIpc) is 2.63. The van der Waals surface area contributed by atoms with E-state index in [0.717, 1.165) is 25.9 Å². The van der Waals surface area contributed by atoms with E-state index in [1.165, 1.54) is 17.7 Å². The highest BCUT2D eigenvalue weighted by atomic mass is 16.6. The number of carbonyl (C=O) groups excluding carboxylic acids is 1. The van der Waals surface area contributed by atoms with Crippen molar-refractivity contribution in [3.63, 3.8) is 0 Å². The number of amides is 1. The van der Waals surface area contributed by atoms with Crippen LogP contribution < -0.4 is 5.32 Å². The fourth-order valence-corrected chi connectivity index (χ4v) is 3.20. The Morgan fingerprint density at radius 3 is 2.76 bits per heavy atom. The Bertz CT molecular complexity index is 749. The molecular weight excluding hydrogens is 318 g/mol. The molecule has 6 heteroatoms. The Labute approximate surface area is 146 Å². The maximum Gasteiger partial charge on any atom is 0.271 e. The number of non-ortho nitro benzene ring substituents is 1. The lowest BCUT2D eigenvalue weighted by atomic mass is 9.96. The molecule has 0 radical (unpaired) electrons. The summed E-state index contributed by atoms with van der Waals surface area (Å²) in [4.78, 5) is 25.2. The second-order valence-electron chi connectivity index (χ2n) is 6.36. The van der Waals surface area contributed by atoms with E-state index in [4.69, 9.17) is 0 Å². The van der Waals surface area contributed by atoms with Gasteiger partial charge in [0.15, 0.2) is 0 Å². The number of benzene rings is 2. The fraction of sp³-hybridized carbons (Fsp3) is 0.316. The summed E-state index contributed by atoms with van der Waals surface area (Å²) < 4.78 is 0. The lowest BCUT2D eigenvalue weighted by Gasteiger charge is -2.32. The molecule has 1 unspecified atom stereocenters. The number of nitrogens with one attached hydrogen (secondary N) is 1. The average molecular weight is 339 g/mol. The number of anilines is 1. The molecule has 1 aliphatic rings. The summed E-state index contributed by atoms with van der Waals surface area (Å²) in [5.74, 6) is -0.171. The second-order valence-corrected chi connectivity index (χ2v) is 6.36. The summed E-state index contributed by atoms with van der Waals surface area (Å²) in [7, 11) is 0. The van der Waals surface area contributed by atoms with E-state index in [0.29, 0.717) is 12.2 Å². The normalized spacial score (nSPS) is 17.8. The number of nitrogens with zero attached hydrogens (tertiary/aromatic N) is 2. The lowest BCUT2D eigenvalue weighted by Crippen LogP contribution is -2.40. The van der Waals surface area contributed by atoms with Crippen molar-refractivity contribution in [3.05, 3.63) is 70.3 Å². The highest BCUT2D eigenvalue weighted by Gasteiger charge is 2.26. The first-order valence-electron chi connectivity index (χ1n) is 8.43. The van der Waals surface area contributed by atoms with Gasteiger partial charge < -0.3 is 5.32 Å². The van der Waals surface area contributed by atoms with Crippen LogP contribution in [0.2, 0.25) is 0 Å². The zero-order valence-corrected chi connectivity index (χ0v) is 13.9. The molecule has 0 aromatic heterocycles. The van der Waals surface area contributed by atoms with Gasteiger partial charge in [-0.3, -0.25) is 19.8 Å². The van der Waals surface area contributed by atoms with E-state index in [-0.39, 0.29) is 17.5 Å². The third kappa shape index (κ3) is 4.64. The van der Waals surface area contributed by atoms with Gasteiger partial charge in [0.05, 0.1) is 10.8 Å². The van der Waals surface area contributed by atoms with Crippen LogP contribution in [0.25, 0.3) is 0 Å². The Hall–Kier alpha value is -2.73. The smallest absolute Gasteiger partial charge is 0.271 e. The van der Waals surface area contributed by atoms with Gasteiger partial charge in [0.1, 0.15) is 0 Å². The van der Waals surface area contributed by atoms with Crippen LogP contribution in [-0.2, 0) is 11.3 Å². The maximum atomic E-state index is 12.5. The minimum atomic E-state index is -0.460. The van der Waals surface area contributed by atoms with Crippen molar-refractivity contribution in [2.24, 2.45) is 5.92 Å². The summed E-state index contributed by atoms with van der Waals surface area (Å²) in [6.45, 7) is 2.52. The molecule has 1 saturated heterocycles. The Balaban J connectivity index is 1.60.